The summed E-state index contributed by atoms with van der Waals surface area (Å²) in [6.07, 6.45) is 0.844. The molecule has 0 bridgehead atoms. The van der Waals surface area contributed by atoms with E-state index in [9.17, 15) is 19.5 Å². The normalized spacial score (nSPS) is 13.1. The number of alkyl carbamates (subject to hydrolysis) is 1. The van der Waals surface area contributed by atoms with Crippen LogP contribution < -0.4 is 10.6 Å². The molecule has 3 N–H and O–H groups in total. The topological polar surface area (TPSA) is 123 Å². The molecule has 1 aromatic heterocycles. The van der Waals surface area contributed by atoms with Crippen molar-refractivity contribution in [1.82, 2.24) is 20.4 Å². The van der Waals surface area contributed by atoms with Crippen LogP contribution in [0.4, 0.5) is 4.79 Å². The van der Waals surface area contributed by atoms with Gasteiger partial charge in [-0.1, -0.05) is 62.4 Å². The van der Waals surface area contributed by atoms with Crippen molar-refractivity contribution in [2.75, 3.05) is 6.61 Å². The lowest BCUT2D eigenvalue weighted by molar-refractivity contribution is -0.140. The molecule has 0 spiro atoms. The van der Waals surface area contributed by atoms with E-state index in [0.29, 0.717) is 5.56 Å². The molecule has 182 valence electrons. The van der Waals surface area contributed by atoms with E-state index in [-0.39, 0.29) is 30.7 Å². The van der Waals surface area contributed by atoms with Crippen LogP contribution in [0.1, 0.15) is 46.9 Å². The number of fused-ring (bicyclic) bond motifs is 3. The van der Waals surface area contributed by atoms with Crippen molar-refractivity contribution >= 4 is 18.0 Å². The molecule has 1 aliphatic rings. The van der Waals surface area contributed by atoms with Crippen LogP contribution in [-0.4, -0.2) is 45.5 Å². The fraction of sp³-hybridized carbons (Fsp3) is 0.308. The lowest BCUT2D eigenvalue weighted by Crippen LogP contribution is -2.45. The van der Waals surface area contributed by atoms with E-state index in [1.165, 1.54) is 10.9 Å². The van der Waals surface area contributed by atoms with Crippen molar-refractivity contribution in [2.45, 2.75) is 32.4 Å². The first-order chi connectivity index (χ1) is 16.8. The first-order valence-corrected chi connectivity index (χ1v) is 11.4. The SMILES string of the molecule is CC(C)[C@@H](NC(=O)c1c(CNC(=O)OCC2c3ccccc3-c3ccccc32)cnn1C)C(=O)O. The van der Waals surface area contributed by atoms with Gasteiger partial charge in [0.25, 0.3) is 5.91 Å². The molecule has 1 heterocycles. The van der Waals surface area contributed by atoms with E-state index in [4.69, 9.17) is 4.74 Å². The fourth-order valence-electron chi connectivity index (χ4n) is 4.45. The van der Waals surface area contributed by atoms with E-state index >= 15 is 0 Å². The fourth-order valence-corrected chi connectivity index (χ4v) is 4.45. The Morgan fingerprint density at radius 3 is 2.23 bits per heavy atom. The number of aryl methyl sites for hydroxylation is 1. The molecular weight excluding hydrogens is 448 g/mol. The van der Waals surface area contributed by atoms with Gasteiger partial charge >= 0.3 is 12.1 Å². The summed E-state index contributed by atoms with van der Waals surface area (Å²) in [6, 6.07) is 15.1. The number of rotatable bonds is 8. The molecule has 2 amide bonds. The van der Waals surface area contributed by atoms with Crippen LogP contribution >= 0.6 is 0 Å². The minimum Gasteiger partial charge on any atom is -0.480 e. The molecule has 3 aromatic rings. The third kappa shape index (κ3) is 4.89. The highest BCUT2D eigenvalue weighted by atomic mass is 16.5. The van der Waals surface area contributed by atoms with Crippen LogP contribution in [0.5, 0.6) is 0 Å². The van der Waals surface area contributed by atoms with Crippen LogP contribution in [0.3, 0.4) is 0 Å². The zero-order chi connectivity index (χ0) is 25.1. The van der Waals surface area contributed by atoms with Crippen LogP contribution in [0, 0.1) is 5.92 Å². The Bertz CT molecular complexity index is 1220. The number of ether oxygens (including phenoxy) is 1. The minimum atomic E-state index is -1.12. The predicted octanol–water partition coefficient (Wildman–Crippen LogP) is 3.30. The van der Waals surface area contributed by atoms with Gasteiger partial charge in [0.2, 0.25) is 0 Å². The molecule has 9 heteroatoms. The standard InChI is InChI=1S/C26H28N4O5/c1-15(2)22(25(32)33)29-24(31)23-16(13-28-30(23)3)12-27-26(34)35-14-21-19-10-6-4-8-17(19)18-9-5-7-11-20(18)21/h4-11,13,15,21-22H,12,14H2,1-3H3,(H,27,34)(H,29,31)(H,32,33)/t22-/m1/s1. The summed E-state index contributed by atoms with van der Waals surface area (Å²) in [5.74, 6) is -2.05. The number of carboxylic acid groups (broad SMARTS) is 1. The zero-order valence-electron chi connectivity index (χ0n) is 19.8. The Hall–Kier alpha value is -4.14. The van der Waals surface area contributed by atoms with Gasteiger partial charge in [0.15, 0.2) is 0 Å². The molecule has 9 nitrogen and oxygen atoms in total. The second-order valence-electron chi connectivity index (χ2n) is 8.85. The Balaban J connectivity index is 1.39. The van der Waals surface area contributed by atoms with Crippen molar-refractivity contribution < 1.29 is 24.2 Å². The number of carbonyl (C=O) groups excluding carboxylic acids is 2. The smallest absolute Gasteiger partial charge is 0.407 e. The Morgan fingerprint density at radius 1 is 1.06 bits per heavy atom. The van der Waals surface area contributed by atoms with Gasteiger partial charge in [-0.3, -0.25) is 9.48 Å². The number of carbonyl (C=O) groups is 3. The second kappa shape index (κ2) is 10.0. The summed E-state index contributed by atoms with van der Waals surface area (Å²) in [5.41, 5.74) is 5.15. The third-order valence-corrected chi connectivity index (χ3v) is 6.22. The molecule has 4 rings (SSSR count). The number of carboxylic acids is 1. The van der Waals surface area contributed by atoms with Gasteiger partial charge in [-0.2, -0.15) is 5.10 Å². The highest BCUT2D eigenvalue weighted by molar-refractivity contribution is 5.96. The Morgan fingerprint density at radius 2 is 1.66 bits per heavy atom. The number of aromatic nitrogens is 2. The van der Waals surface area contributed by atoms with Gasteiger partial charge < -0.3 is 20.5 Å². The monoisotopic (exact) mass is 476 g/mol. The van der Waals surface area contributed by atoms with Crippen LogP contribution in [0.2, 0.25) is 0 Å². The summed E-state index contributed by atoms with van der Waals surface area (Å²) in [5, 5.41) is 18.6. The van der Waals surface area contributed by atoms with Crippen molar-refractivity contribution in [2.24, 2.45) is 13.0 Å². The summed E-state index contributed by atoms with van der Waals surface area (Å²) < 4.78 is 6.89. The van der Waals surface area contributed by atoms with Gasteiger partial charge in [-0.15, -0.1) is 0 Å². The molecule has 0 saturated heterocycles. The highest BCUT2D eigenvalue weighted by Gasteiger charge is 2.29. The van der Waals surface area contributed by atoms with Crippen molar-refractivity contribution in [1.29, 1.82) is 0 Å². The number of amides is 2. The predicted molar refractivity (Wildman–Crippen MR) is 129 cm³/mol. The van der Waals surface area contributed by atoms with Gasteiger partial charge in [0.05, 0.1) is 12.7 Å². The van der Waals surface area contributed by atoms with Crippen LogP contribution in [0.15, 0.2) is 54.7 Å². The largest absolute Gasteiger partial charge is 0.480 e. The van der Waals surface area contributed by atoms with E-state index < -0.39 is 24.0 Å². The first-order valence-electron chi connectivity index (χ1n) is 11.4. The summed E-state index contributed by atoms with van der Waals surface area (Å²) in [7, 11) is 1.58. The minimum absolute atomic E-state index is 0.00663. The van der Waals surface area contributed by atoms with Crippen molar-refractivity contribution in [3.05, 3.63) is 77.1 Å². The van der Waals surface area contributed by atoms with Gasteiger partial charge in [0.1, 0.15) is 18.3 Å². The maximum atomic E-state index is 12.8. The summed E-state index contributed by atoms with van der Waals surface area (Å²) >= 11 is 0. The number of hydrogen-bond acceptors (Lipinski definition) is 5. The van der Waals surface area contributed by atoms with E-state index in [1.54, 1.807) is 20.9 Å². The maximum Gasteiger partial charge on any atom is 0.407 e. The molecule has 0 fully saturated rings. The van der Waals surface area contributed by atoms with Crippen molar-refractivity contribution in [3.8, 4) is 11.1 Å². The Labute approximate surface area is 203 Å². The zero-order valence-corrected chi connectivity index (χ0v) is 19.8. The maximum absolute atomic E-state index is 12.8. The van der Waals surface area contributed by atoms with Gasteiger partial charge in [0, 0.05) is 18.5 Å². The molecule has 0 aliphatic heterocycles. The number of nitrogens with zero attached hydrogens (tertiary/aromatic N) is 2. The van der Waals surface area contributed by atoms with E-state index in [1.807, 2.05) is 36.4 Å². The average Bonchev–Trinajstić information content (AvgIpc) is 3.36. The third-order valence-electron chi connectivity index (χ3n) is 6.22. The lowest BCUT2D eigenvalue weighted by atomic mass is 9.98. The molecule has 2 aromatic carbocycles. The number of aliphatic carboxylic acids is 1. The quantitative estimate of drug-likeness (QED) is 0.459. The van der Waals surface area contributed by atoms with Crippen LogP contribution in [0.25, 0.3) is 11.1 Å². The first kappa shape index (κ1) is 24.0. The van der Waals surface area contributed by atoms with Crippen molar-refractivity contribution in [3.63, 3.8) is 0 Å². The Kier molecular flexibility index (Phi) is 6.86. The molecule has 1 aliphatic carbocycles. The number of nitrogens with one attached hydrogen (secondary N) is 2. The molecule has 1 atom stereocenters. The van der Waals surface area contributed by atoms with Crippen LogP contribution in [-0.2, 0) is 23.1 Å². The summed E-state index contributed by atoms with van der Waals surface area (Å²) in [6.45, 7) is 3.60. The molecular formula is C26H28N4O5. The summed E-state index contributed by atoms with van der Waals surface area (Å²) in [4.78, 5) is 36.7. The van der Waals surface area contributed by atoms with E-state index in [0.717, 1.165) is 22.3 Å². The second-order valence-corrected chi connectivity index (χ2v) is 8.85. The molecule has 35 heavy (non-hydrogen) atoms. The van der Waals surface area contributed by atoms with Gasteiger partial charge in [-0.05, 0) is 28.2 Å². The molecule has 0 unspecified atom stereocenters. The van der Waals surface area contributed by atoms with E-state index in [2.05, 4.69) is 27.9 Å². The highest BCUT2D eigenvalue weighted by Crippen LogP contribution is 2.44. The molecule has 0 saturated carbocycles. The number of hydrogen-bond donors (Lipinski definition) is 3. The number of benzene rings is 2. The van der Waals surface area contributed by atoms with Gasteiger partial charge in [-0.25, -0.2) is 9.59 Å². The average molecular weight is 477 g/mol. The molecule has 0 radical (unpaired) electrons. The lowest BCUT2D eigenvalue weighted by Gasteiger charge is -2.18.